The minimum absolute atomic E-state index is 0.287. The van der Waals surface area contributed by atoms with E-state index in [9.17, 15) is 4.79 Å². The Balaban J connectivity index is 0.00000109. The van der Waals surface area contributed by atoms with E-state index in [4.69, 9.17) is 20.4 Å². The number of nitrogens with two attached hydrogens (primary N) is 2. The van der Waals surface area contributed by atoms with E-state index in [-0.39, 0.29) is 4.88 Å². The zero-order valence-corrected chi connectivity index (χ0v) is 15.4. The van der Waals surface area contributed by atoms with Crippen molar-refractivity contribution >= 4 is 45.7 Å². The van der Waals surface area contributed by atoms with Crippen LogP contribution < -0.4 is 16.2 Å². The molecule has 3 rings (SSSR count). The second-order valence-corrected chi connectivity index (χ2v) is 5.85. The van der Waals surface area contributed by atoms with Crippen LogP contribution in [0.1, 0.15) is 22.4 Å². The van der Waals surface area contributed by atoms with Crippen LogP contribution in [-0.4, -0.2) is 31.7 Å². The van der Waals surface area contributed by atoms with Crippen LogP contribution in [0.4, 0.5) is 5.69 Å². The molecule has 10 heteroatoms. The third-order valence-electron chi connectivity index (χ3n) is 3.22. The Morgan fingerprint density at radius 1 is 1.32 bits per heavy atom. The fraction of sp³-hybridized carbons (Fsp3) is 0.200. The molecule has 3 heterocycles. The van der Waals surface area contributed by atoms with Gasteiger partial charge in [-0.2, -0.15) is 0 Å². The first-order valence-electron chi connectivity index (χ1n) is 7.16. The highest BCUT2D eigenvalue weighted by molar-refractivity contribution is 7.44. The van der Waals surface area contributed by atoms with Crippen LogP contribution in [0.5, 0.6) is 5.75 Å². The minimum atomic E-state index is -0.574. The number of fused-ring (bicyclic) bond motifs is 1. The molecule has 0 radical (unpaired) electrons. The maximum atomic E-state index is 11.5. The zero-order chi connectivity index (χ0) is 18.6. The number of rotatable bonds is 4. The second kappa shape index (κ2) is 7.99. The zero-order valence-electron chi connectivity index (χ0n) is 13.6. The summed E-state index contributed by atoms with van der Waals surface area (Å²) in [5.74, 6) is 0.639. The number of thiophene rings is 1. The highest BCUT2D eigenvalue weighted by atomic mass is 32.1. The summed E-state index contributed by atoms with van der Waals surface area (Å²) in [6.07, 6.45) is 3.30. The van der Waals surface area contributed by atoms with E-state index in [1.54, 1.807) is 31.9 Å². The normalized spacial score (nSPS) is 10.2. The van der Waals surface area contributed by atoms with Gasteiger partial charge in [0.25, 0.3) is 5.91 Å². The Labute approximate surface area is 152 Å². The fourth-order valence-electron chi connectivity index (χ4n) is 2.31. The number of nitrogens with zero attached hydrogens (tertiary/aromatic N) is 3. The molecule has 1 amide bonds. The number of hydrogen-bond acceptors (Lipinski definition) is 8. The van der Waals surface area contributed by atoms with Gasteiger partial charge < -0.3 is 16.2 Å². The van der Waals surface area contributed by atoms with Gasteiger partial charge in [0.05, 0.1) is 29.6 Å². The summed E-state index contributed by atoms with van der Waals surface area (Å²) in [5, 5.41) is 0.616. The quantitative estimate of drug-likeness (QED) is 0.697. The molecule has 0 aromatic carbocycles. The van der Waals surface area contributed by atoms with Crippen molar-refractivity contribution in [1.82, 2.24) is 15.0 Å². The Morgan fingerprint density at radius 2 is 2.04 bits per heavy atom. The molecule has 0 atom stereocenters. The Morgan fingerprint density at radius 3 is 2.68 bits per heavy atom. The van der Waals surface area contributed by atoms with Crippen molar-refractivity contribution in [2.24, 2.45) is 5.73 Å². The molecule has 3 aromatic heterocycles. The van der Waals surface area contributed by atoms with Crippen LogP contribution in [0.2, 0.25) is 0 Å². The predicted octanol–water partition coefficient (Wildman–Crippen LogP) is 1.27. The number of aryl methyl sites for hydroxylation is 1. The van der Waals surface area contributed by atoms with Gasteiger partial charge in [-0.3, -0.25) is 14.0 Å². The molecule has 0 saturated carbocycles. The predicted molar refractivity (Wildman–Crippen MR) is 100 cm³/mol. The van der Waals surface area contributed by atoms with Crippen LogP contribution >= 0.6 is 11.3 Å². The summed E-state index contributed by atoms with van der Waals surface area (Å²) in [6, 6.07) is 1.83. The molecule has 0 fully saturated rings. The van der Waals surface area contributed by atoms with Crippen LogP contribution in [0.3, 0.4) is 0 Å². The first kappa shape index (κ1) is 18.7. The van der Waals surface area contributed by atoms with Gasteiger partial charge in [0.1, 0.15) is 21.3 Å². The monoisotopic (exact) mass is 379 g/mol. The van der Waals surface area contributed by atoms with Crippen molar-refractivity contribution in [3.8, 4) is 17.0 Å². The maximum Gasteiger partial charge on any atom is 0.260 e. The number of aromatic nitrogens is 3. The van der Waals surface area contributed by atoms with Gasteiger partial charge in [-0.25, -0.2) is 9.97 Å². The molecule has 0 unspecified atom stereocenters. The largest absolute Gasteiger partial charge is 0.492 e. The number of pyridine rings is 1. The summed E-state index contributed by atoms with van der Waals surface area (Å²) in [7, 11) is 0. The maximum absolute atomic E-state index is 11.5. The molecular weight excluding hydrogens is 362 g/mol. The molecule has 0 bridgehead atoms. The Kier molecular flexibility index (Phi) is 5.99. The molecule has 25 heavy (non-hydrogen) atoms. The molecule has 0 aliphatic rings. The van der Waals surface area contributed by atoms with Gasteiger partial charge in [0, 0.05) is 11.8 Å². The minimum Gasteiger partial charge on any atom is -0.492 e. The Bertz CT molecular complexity index is 929. The third-order valence-corrected chi connectivity index (χ3v) is 4.34. The number of anilines is 1. The lowest BCUT2D eigenvalue weighted by molar-refractivity contribution is 0.100. The molecule has 3 aromatic rings. The van der Waals surface area contributed by atoms with Crippen LogP contribution in [-0.2, 0) is 12.5 Å². The molecular formula is C15H17N5O3S2. The summed E-state index contributed by atoms with van der Waals surface area (Å²) < 4.78 is 13.5. The third kappa shape index (κ3) is 3.74. The number of nitrogen functional groups attached to an aromatic ring is 1. The standard InChI is InChI=1S/C15H15N5O2S.H2OS/c1-3-22-9-4-8(5-18-6-9)12-10-11(16)13(14(17)21)23-15(10)20-7(2)19-12;1-2/h4-6H,3,16H2,1-2H3,(H2,17,21);2H2. The van der Waals surface area contributed by atoms with E-state index in [1.807, 2.05) is 13.0 Å². The number of carbonyl (C=O) groups excluding carboxylic acids is 1. The first-order chi connectivity index (χ1) is 12.0. The van der Waals surface area contributed by atoms with Crippen molar-refractivity contribution in [1.29, 1.82) is 0 Å². The van der Waals surface area contributed by atoms with Gasteiger partial charge >= 0.3 is 0 Å². The summed E-state index contributed by atoms with van der Waals surface area (Å²) in [4.78, 5) is 25.4. The first-order valence-corrected chi connectivity index (χ1v) is 8.38. The molecule has 0 aliphatic carbocycles. The molecule has 4 N–H and O–H groups in total. The van der Waals surface area contributed by atoms with Crippen molar-refractivity contribution in [2.45, 2.75) is 13.8 Å². The number of carbonyl (C=O) groups is 1. The number of amides is 1. The second-order valence-electron chi connectivity index (χ2n) is 4.85. The summed E-state index contributed by atoms with van der Waals surface area (Å²) in [6.45, 7) is 4.22. The SMILES string of the molecule is CCOc1cncc(-c2nc(C)nc3sc(C(N)=O)c(N)c23)c1.O=[SH2]. The molecule has 0 spiro atoms. The van der Waals surface area contributed by atoms with Gasteiger partial charge in [-0.1, -0.05) is 0 Å². The van der Waals surface area contributed by atoms with Gasteiger partial charge in [0.2, 0.25) is 0 Å². The average molecular weight is 379 g/mol. The van der Waals surface area contributed by atoms with Crippen molar-refractivity contribution in [3.63, 3.8) is 0 Å². The van der Waals surface area contributed by atoms with Crippen LogP contribution in [0, 0.1) is 6.92 Å². The topological polar surface area (TPSA) is 134 Å². The number of primary amides is 1. The van der Waals surface area contributed by atoms with Crippen molar-refractivity contribution in [2.75, 3.05) is 12.3 Å². The highest BCUT2D eigenvalue weighted by Crippen LogP contribution is 2.38. The molecule has 0 saturated heterocycles. The van der Waals surface area contributed by atoms with Crippen LogP contribution in [0.15, 0.2) is 18.5 Å². The van der Waals surface area contributed by atoms with Gasteiger partial charge in [-0.05, 0) is 32.4 Å². The van der Waals surface area contributed by atoms with Crippen molar-refractivity contribution < 1.29 is 13.7 Å². The lowest BCUT2D eigenvalue weighted by Crippen LogP contribution is -2.10. The lowest BCUT2D eigenvalue weighted by Gasteiger charge is -2.07. The van der Waals surface area contributed by atoms with Gasteiger partial charge in [0.15, 0.2) is 0 Å². The van der Waals surface area contributed by atoms with E-state index in [1.165, 1.54) is 11.3 Å². The Hall–Kier alpha value is -2.59. The smallest absolute Gasteiger partial charge is 0.260 e. The van der Waals surface area contributed by atoms with Crippen molar-refractivity contribution in [3.05, 3.63) is 29.2 Å². The molecule has 8 nitrogen and oxygen atoms in total. The average Bonchev–Trinajstić information content (AvgIpc) is 2.93. The van der Waals surface area contributed by atoms with E-state index in [2.05, 4.69) is 15.0 Å². The fourth-order valence-corrected chi connectivity index (χ4v) is 3.31. The highest BCUT2D eigenvalue weighted by Gasteiger charge is 2.20. The van der Waals surface area contributed by atoms with Gasteiger partial charge in [-0.15, -0.1) is 11.3 Å². The summed E-state index contributed by atoms with van der Waals surface area (Å²) in [5.41, 5.74) is 13.1. The van der Waals surface area contributed by atoms with Crippen LogP contribution in [0.25, 0.3) is 21.5 Å². The van der Waals surface area contributed by atoms with E-state index in [0.29, 0.717) is 39.8 Å². The lowest BCUT2D eigenvalue weighted by atomic mass is 10.1. The molecule has 132 valence electrons. The number of hydrogen-bond donors (Lipinski definition) is 2. The number of ether oxygens (including phenoxy) is 1. The molecule has 0 aliphatic heterocycles. The summed E-state index contributed by atoms with van der Waals surface area (Å²) >= 11 is 2.89. The van der Waals surface area contributed by atoms with E-state index in [0.717, 1.165) is 5.56 Å². The van der Waals surface area contributed by atoms with E-state index >= 15 is 0 Å². The van der Waals surface area contributed by atoms with E-state index < -0.39 is 5.91 Å².